The third kappa shape index (κ3) is 4.48. The highest BCUT2D eigenvalue weighted by atomic mass is 79.9. The van der Waals surface area contributed by atoms with Crippen LogP contribution in [0.1, 0.15) is 40.0 Å². The van der Waals surface area contributed by atoms with E-state index < -0.39 is 28.2 Å². The maximum atomic E-state index is 14.2. The van der Waals surface area contributed by atoms with Crippen LogP contribution in [0.25, 0.3) is 0 Å². The van der Waals surface area contributed by atoms with Gasteiger partial charge in [-0.15, -0.1) is 24.9 Å². The Kier molecular flexibility index (Phi) is 8.30. The second kappa shape index (κ2) is 10.3. The van der Waals surface area contributed by atoms with Crippen molar-refractivity contribution in [2.24, 2.45) is 11.8 Å². The summed E-state index contributed by atoms with van der Waals surface area (Å²) in [5.41, 5.74) is -0.450. The van der Waals surface area contributed by atoms with Crippen molar-refractivity contribution in [2.75, 3.05) is 33.3 Å². The molecule has 3 heterocycles. The first kappa shape index (κ1) is 27.3. The van der Waals surface area contributed by atoms with Gasteiger partial charge < -0.3 is 19.8 Å². The molecule has 9 heteroatoms. The van der Waals surface area contributed by atoms with Gasteiger partial charge in [-0.2, -0.15) is 0 Å². The fraction of sp³-hybridized carbons (Fsp3) is 0.720. The minimum Gasteiger partial charge on any atom is -0.396 e. The third-order valence-corrected chi connectivity index (χ3v) is 10.5. The number of carbonyl (C=O) groups is 3. The highest BCUT2D eigenvalue weighted by Crippen LogP contribution is 2.68. The standard InChI is InChI=1S/C25H38BrN3O4S/c1-7-11-27(6)21(31)17-18-22(32)28(13-9-10-14-30)20(25(18)15-16(26)19(17)34-25)23(33)29(12-8-2)24(3,4)5/h7-8,16-20,30H,1-2,9-15H2,3-6H3/t16?,17-,18+,19-,20?,25?/m1/s1. The van der Waals surface area contributed by atoms with E-state index in [4.69, 9.17) is 0 Å². The molecule has 0 aliphatic carbocycles. The molecule has 0 aromatic heterocycles. The van der Waals surface area contributed by atoms with Crippen LogP contribution in [-0.4, -0.2) is 97.2 Å². The zero-order valence-corrected chi connectivity index (χ0v) is 23.1. The van der Waals surface area contributed by atoms with Crippen LogP contribution in [0.5, 0.6) is 0 Å². The number of likely N-dealkylation sites (N-methyl/N-ethyl adjacent to an activating group) is 1. The molecule has 3 amide bonds. The van der Waals surface area contributed by atoms with Gasteiger partial charge >= 0.3 is 0 Å². The molecule has 34 heavy (non-hydrogen) atoms. The summed E-state index contributed by atoms with van der Waals surface area (Å²) in [4.78, 5) is 46.9. The van der Waals surface area contributed by atoms with Crippen LogP contribution in [0.15, 0.2) is 25.3 Å². The summed E-state index contributed by atoms with van der Waals surface area (Å²) in [5.74, 6) is -1.29. The fourth-order valence-corrected chi connectivity index (χ4v) is 9.43. The molecule has 3 fully saturated rings. The number of alkyl halides is 1. The van der Waals surface area contributed by atoms with E-state index in [-0.39, 0.29) is 34.4 Å². The number of halogens is 1. The van der Waals surface area contributed by atoms with Crippen LogP contribution in [-0.2, 0) is 14.4 Å². The van der Waals surface area contributed by atoms with Crippen molar-refractivity contribution in [2.45, 2.75) is 66.4 Å². The molecule has 1 N–H and O–H groups in total. The topological polar surface area (TPSA) is 81.2 Å². The maximum Gasteiger partial charge on any atom is 0.247 e. The molecule has 0 aromatic carbocycles. The molecular weight excluding hydrogens is 518 g/mol. The lowest BCUT2D eigenvalue weighted by Gasteiger charge is -2.42. The predicted octanol–water partition coefficient (Wildman–Crippen LogP) is 2.68. The quantitative estimate of drug-likeness (QED) is 0.254. The lowest BCUT2D eigenvalue weighted by molar-refractivity contribution is -0.146. The number of aliphatic hydroxyl groups is 1. The summed E-state index contributed by atoms with van der Waals surface area (Å²) in [6.45, 7) is 14.8. The molecule has 2 bridgehead atoms. The molecule has 6 atom stereocenters. The van der Waals surface area contributed by atoms with Gasteiger partial charge in [0.05, 0.1) is 16.6 Å². The number of rotatable bonds is 10. The molecule has 3 aliphatic rings. The van der Waals surface area contributed by atoms with Crippen molar-refractivity contribution in [1.29, 1.82) is 0 Å². The monoisotopic (exact) mass is 555 g/mol. The number of fused-ring (bicyclic) bond motifs is 1. The average molecular weight is 557 g/mol. The highest BCUT2D eigenvalue weighted by molar-refractivity contribution is 9.09. The number of unbranched alkanes of at least 4 members (excludes halogenated alkanes) is 1. The molecule has 0 saturated carbocycles. The van der Waals surface area contributed by atoms with Gasteiger partial charge in [0.15, 0.2) is 0 Å². The molecule has 3 saturated heterocycles. The van der Waals surface area contributed by atoms with E-state index in [1.807, 2.05) is 20.8 Å². The van der Waals surface area contributed by atoms with Gasteiger partial charge in [0, 0.05) is 48.9 Å². The SMILES string of the molecule is C=CCN(C)C(=O)[C@H]1[C@@H]2SC3(CC2Br)C(C(=O)N(CC=C)C(C)(C)C)N(CCCCO)C(=O)[C@H]13. The Morgan fingerprint density at radius 3 is 2.44 bits per heavy atom. The van der Waals surface area contributed by atoms with Crippen molar-refractivity contribution in [1.82, 2.24) is 14.7 Å². The van der Waals surface area contributed by atoms with E-state index in [0.717, 1.165) is 0 Å². The van der Waals surface area contributed by atoms with Gasteiger partial charge in [-0.3, -0.25) is 14.4 Å². The van der Waals surface area contributed by atoms with Crippen molar-refractivity contribution in [3.63, 3.8) is 0 Å². The fourth-order valence-electron chi connectivity index (χ4n) is 5.83. The summed E-state index contributed by atoms with van der Waals surface area (Å²) < 4.78 is -0.660. The lowest BCUT2D eigenvalue weighted by Crippen LogP contribution is -2.59. The van der Waals surface area contributed by atoms with Crippen LogP contribution in [0.4, 0.5) is 0 Å². The molecule has 3 rings (SSSR count). The van der Waals surface area contributed by atoms with Crippen LogP contribution < -0.4 is 0 Å². The first-order valence-electron chi connectivity index (χ1n) is 12.0. The van der Waals surface area contributed by atoms with Gasteiger partial charge in [-0.05, 0) is 40.0 Å². The number of nitrogens with zero attached hydrogens (tertiary/aromatic N) is 3. The zero-order chi connectivity index (χ0) is 25.4. The lowest BCUT2D eigenvalue weighted by atomic mass is 9.70. The van der Waals surface area contributed by atoms with Crippen LogP contribution >= 0.6 is 27.7 Å². The third-order valence-electron chi connectivity index (χ3n) is 7.28. The van der Waals surface area contributed by atoms with Gasteiger partial charge in [0.1, 0.15) is 6.04 Å². The van der Waals surface area contributed by atoms with E-state index >= 15 is 0 Å². The van der Waals surface area contributed by atoms with Crippen molar-refractivity contribution in [3.8, 4) is 0 Å². The first-order chi connectivity index (χ1) is 16.0. The minimum atomic E-state index is -0.660. The normalized spacial score (nSPS) is 32.0. The van der Waals surface area contributed by atoms with E-state index in [0.29, 0.717) is 38.9 Å². The average Bonchev–Trinajstić information content (AvgIpc) is 3.34. The van der Waals surface area contributed by atoms with Crippen molar-refractivity contribution < 1.29 is 19.5 Å². The van der Waals surface area contributed by atoms with Crippen molar-refractivity contribution >= 4 is 45.4 Å². The predicted molar refractivity (Wildman–Crippen MR) is 140 cm³/mol. The van der Waals surface area contributed by atoms with E-state index in [9.17, 15) is 19.5 Å². The second-order valence-electron chi connectivity index (χ2n) is 10.5. The van der Waals surface area contributed by atoms with Crippen LogP contribution in [0.2, 0.25) is 0 Å². The number of hydrogen-bond donors (Lipinski definition) is 1. The maximum absolute atomic E-state index is 14.2. The zero-order valence-electron chi connectivity index (χ0n) is 20.7. The van der Waals surface area contributed by atoms with Gasteiger partial charge in [0.2, 0.25) is 17.7 Å². The van der Waals surface area contributed by atoms with E-state index in [2.05, 4.69) is 29.1 Å². The summed E-state index contributed by atoms with van der Waals surface area (Å²) >= 11 is 5.45. The minimum absolute atomic E-state index is 0.0353. The number of likely N-dealkylation sites (tertiary alicyclic amines) is 1. The number of carbonyl (C=O) groups excluding carboxylic acids is 3. The van der Waals surface area contributed by atoms with Gasteiger partial charge in [0.25, 0.3) is 0 Å². The molecule has 0 aromatic rings. The Bertz CT molecular complexity index is 847. The number of amides is 3. The molecule has 1 spiro atoms. The van der Waals surface area contributed by atoms with E-state index in [1.165, 1.54) is 0 Å². The van der Waals surface area contributed by atoms with E-state index in [1.54, 1.807) is 45.7 Å². The van der Waals surface area contributed by atoms with Gasteiger partial charge in [-0.1, -0.05) is 28.1 Å². The summed E-state index contributed by atoms with van der Waals surface area (Å²) in [6, 6.07) is -0.652. The molecule has 7 nitrogen and oxygen atoms in total. The largest absolute Gasteiger partial charge is 0.396 e. The Morgan fingerprint density at radius 2 is 1.88 bits per heavy atom. The molecular formula is C25H38BrN3O4S. The number of thioether (sulfide) groups is 1. The van der Waals surface area contributed by atoms with Crippen molar-refractivity contribution in [3.05, 3.63) is 25.3 Å². The molecule has 0 radical (unpaired) electrons. The Labute approximate surface area is 216 Å². The van der Waals surface area contributed by atoms with Gasteiger partial charge in [-0.25, -0.2) is 0 Å². The first-order valence-corrected chi connectivity index (χ1v) is 13.8. The molecule has 190 valence electrons. The highest BCUT2D eigenvalue weighted by Gasteiger charge is 2.76. The number of aliphatic hydroxyl groups excluding tert-OH is 1. The summed E-state index contributed by atoms with van der Waals surface area (Å²) in [5, 5.41) is 9.25. The summed E-state index contributed by atoms with van der Waals surface area (Å²) in [7, 11) is 1.74. The smallest absolute Gasteiger partial charge is 0.247 e. The Balaban J connectivity index is 2.07. The Hall–Kier alpha value is -1.32. The number of hydrogen-bond acceptors (Lipinski definition) is 5. The van der Waals surface area contributed by atoms with Crippen LogP contribution in [0, 0.1) is 11.8 Å². The molecule has 3 aliphatic heterocycles. The molecule has 3 unspecified atom stereocenters. The van der Waals surface area contributed by atoms with Crippen LogP contribution in [0.3, 0.4) is 0 Å². The Morgan fingerprint density at radius 1 is 1.24 bits per heavy atom. The second-order valence-corrected chi connectivity index (χ2v) is 13.3. The summed E-state index contributed by atoms with van der Waals surface area (Å²) in [6.07, 6.45) is 5.22.